The summed E-state index contributed by atoms with van der Waals surface area (Å²) in [5, 5.41) is 0. The van der Waals surface area contributed by atoms with Crippen LogP contribution in [0.3, 0.4) is 0 Å². The quantitative estimate of drug-likeness (QED) is 0.419. The summed E-state index contributed by atoms with van der Waals surface area (Å²) in [6, 6.07) is 0. The molecule has 0 aliphatic rings. The summed E-state index contributed by atoms with van der Waals surface area (Å²) >= 11 is 0.300. The Morgan fingerprint density at radius 3 is 1.25 bits per heavy atom. The standard InChI is InChI=1S/Hf.In.O.Sn.3H. The van der Waals surface area contributed by atoms with E-state index in [9.17, 15) is 0 Å². The van der Waals surface area contributed by atoms with Crippen LogP contribution in [-0.4, -0.2) is 48.4 Å². The predicted octanol–water partition coefficient (Wildman–Crippen LogP) is -1.69. The molecule has 0 aliphatic carbocycles. The van der Waals surface area contributed by atoms with Gasteiger partial charge in [-0.05, 0) is 0 Å². The van der Waals surface area contributed by atoms with Crippen molar-refractivity contribution in [2.24, 2.45) is 0 Å². The van der Waals surface area contributed by atoms with Gasteiger partial charge in [-0.2, -0.15) is 0 Å². The molecule has 0 aliphatic heterocycles. The molecule has 0 N–H and O–H groups in total. The fraction of sp³-hybridized carbons (Fsp3) is 0. The van der Waals surface area contributed by atoms with E-state index in [-0.39, 0.29) is 51.7 Å². The van der Waals surface area contributed by atoms with Gasteiger partial charge in [0.05, 0.1) is 0 Å². The topological polar surface area (TPSA) is 17.1 Å². The van der Waals surface area contributed by atoms with Crippen LogP contribution in [0.2, 0.25) is 0 Å². The van der Waals surface area contributed by atoms with Crippen molar-refractivity contribution in [2.45, 2.75) is 0 Å². The molecule has 0 saturated heterocycles. The van der Waals surface area contributed by atoms with Gasteiger partial charge in [0.25, 0.3) is 0 Å². The van der Waals surface area contributed by atoms with E-state index in [2.05, 4.69) is 0 Å². The summed E-state index contributed by atoms with van der Waals surface area (Å²) in [6.45, 7) is 0. The number of hydrogen-bond acceptors (Lipinski definition) is 1. The van der Waals surface area contributed by atoms with Gasteiger partial charge in [0.1, 0.15) is 0 Å². The maximum absolute atomic E-state index is 8.34. The zero-order valence-electron chi connectivity index (χ0n) is 1.41. The zero-order chi connectivity index (χ0) is 2.00. The van der Waals surface area contributed by atoms with Crippen LogP contribution in [0.5, 0.6) is 0 Å². The first-order valence-electron chi connectivity index (χ1n) is 0.204. The molecule has 1 nitrogen and oxygen atoms in total. The Hall–Kier alpha value is 2.34. The van der Waals surface area contributed by atoms with Crippen molar-refractivity contribution < 1.29 is 28.9 Å². The summed E-state index contributed by atoms with van der Waals surface area (Å²) in [6.07, 6.45) is 0. The van der Waals surface area contributed by atoms with E-state index in [4.69, 9.17) is 3.08 Å². The Labute approximate surface area is 75.9 Å². The minimum absolute atomic E-state index is 0. The van der Waals surface area contributed by atoms with Crippen molar-refractivity contribution in [3.05, 3.63) is 0 Å². The van der Waals surface area contributed by atoms with Crippen molar-refractivity contribution in [1.29, 1.82) is 0 Å². The monoisotopic (exact) mass is 434 g/mol. The third-order valence-corrected chi connectivity index (χ3v) is 0. The second kappa shape index (κ2) is 18.4. The molecule has 0 saturated carbocycles. The average molecular weight is 431 g/mol. The van der Waals surface area contributed by atoms with Gasteiger partial charge in [0.2, 0.25) is 0 Å². The Kier molecular flexibility index (Phi) is 74.4. The van der Waals surface area contributed by atoms with Crippen LogP contribution in [0, 0.1) is 0 Å². The van der Waals surface area contributed by atoms with Gasteiger partial charge in [0.15, 0.2) is 0 Å². The third kappa shape index (κ3) is 8.84. The van der Waals surface area contributed by atoms with Gasteiger partial charge >= 0.3 is 51.4 Å². The van der Waals surface area contributed by atoms with Crippen molar-refractivity contribution in [2.75, 3.05) is 0 Å². The second-order valence-electron chi connectivity index (χ2n) is 0. The molecule has 0 rings (SSSR count). The Morgan fingerprint density at radius 2 is 1.25 bits per heavy atom. The van der Waals surface area contributed by atoms with Gasteiger partial charge in [-0.15, -0.1) is 0 Å². The first kappa shape index (κ1) is 16.2. The minimum atomic E-state index is 0. The predicted molar refractivity (Wildman–Crippen MR) is 16.4 cm³/mol. The molecule has 0 aromatic heterocycles. The van der Waals surface area contributed by atoms with Gasteiger partial charge < -0.3 is 0 Å². The van der Waals surface area contributed by atoms with Crippen LogP contribution in [0.1, 0.15) is 0 Å². The van der Waals surface area contributed by atoms with Gasteiger partial charge in [-0.25, -0.2) is 0 Å². The molecule has 4 heavy (non-hydrogen) atoms. The van der Waals surface area contributed by atoms with Crippen LogP contribution in [0.15, 0.2) is 0 Å². The van der Waals surface area contributed by atoms with E-state index in [0.29, 0.717) is 22.5 Å². The molecule has 0 bridgehead atoms. The van der Waals surface area contributed by atoms with E-state index >= 15 is 0 Å². The first-order valence-corrected chi connectivity index (χ1v) is 1.37. The molecule has 0 aromatic carbocycles. The van der Waals surface area contributed by atoms with Crippen molar-refractivity contribution in [3.63, 3.8) is 0 Å². The Bertz CT molecular complexity index is 8.00. The van der Waals surface area contributed by atoms with Crippen molar-refractivity contribution >= 4 is 48.4 Å². The summed E-state index contributed by atoms with van der Waals surface area (Å²) in [5.74, 6) is 0. The molecule has 20 valence electrons. The molecule has 0 aromatic rings. The van der Waals surface area contributed by atoms with Gasteiger partial charge in [-0.1, -0.05) is 0 Å². The van der Waals surface area contributed by atoms with Crippen LogP contribution in [0.25, 0.3) is 0 Å². The molecule has 0 fully saturated rings. The molecule has 4 heteroatoms. The second-order valence-corrected chi connectivity index (χ2v) is 0. The molecule has 0 amide bonds. The molecular formula is H3HfInOSn. The van der Waals surface area contributed by atoms with Crippen molar-refractivity contribution in [3.8, 4) is 0 Å². The van der Waals surface area contributed by atoms with Crippen LogP contribution in [-0.2, 0) is 28.9 Å². The SMILES string of the molecule is [Hf].[InH3].[O]=[Sn]. The molecule has 0 spiro atoms. The van der Waals surface area contributed by atoms with Gasteiger partial charge in [-0.3, -0.25) is 0 Å². The molecule has 0 unspecified atom stereocenters. The van der Waals surface area contributed by atoms with Crippen LogP contribution in [0.4, 0.5) is 0 Å². The number of hydrogen-bond donors (Lipinski definition) is 0. The van der Waals surface area contributed by atoms with Gasteiger partial charge in [0, 0.05) is 25.8 Å². The Morgan fingerprint density at radius 1 is 1.25 bits per heavy atom. The Balaban J connectivity index is -0.00000000500. The van der Waals surface area contributed by atoms with E-state index in [1.807, 2.05) is 0 Å². The van der Waals surface area contributed by atoms with E-state index in [1.165, 1.54) is 0 Å². The zero-order valence-corrected chi connectivity index (χ0v) is 7.86. The van der Waals surface area contributed by atoms with Crippen molar-refractivity contribution in [1.82, 2.24) is 0 Å². The summed E-state index contributed by atoms with van der Waals surface area (Å²) in [7, 11) is 0. The van der Waals surface area contributed by atoms with Crippen LogP contribution < -0.4 is 0 Å². The summed E-state index contributed by atoms with van der Waals surface area (Å²) < 4.78 is 8.34. The van der Waals surface area contributed by atoms with E-state index in [0.717, 1.165) is 0 Å². The number of rotatable bonds is 0. The summed E-state index contributed by atoms with van der Waals surface area (Å²) in [4.78, 5) is 0. The molecular weight excluding hydrogens is 428 g/mol. The first-order chi connectivity index (χ1) is 1.00. The van der Waals surface area contributed by atoms with E-state index in [1.54, 1.807) is 0 Å². The fourth-order valence-corrected chi connectivity index (χ4v) is 0. The maximum atomic E-state index is 8.34. The molecule has 0 atom stereocenters. The molecule has 2 radical (unpaired) electrons. The normalized spacial score (nSPS) is 1.00. The van der Waals surface area contributed by atoms with E-state index < -0.39 is 0 Å². The molecule has 0 heterocycles. The summed E-state index contributed by atoms with van der Waals surface area (Å²) in [5.41, 5.74) is 0. The van der Waals surface area contributed by atoms with Crippen LogP contribution >= 0.6 is 0 Å². The average Bonchev–Trinajstić information content (AvgIpc) is 1.00. The third-order valence-electron chi connectivity index (χ3n) is 0. The fourth-order valence-electron chi connectivity index (χ4n) is 0.